The molecule has 234 valence electrons. The van der Waals surface area contributed by atoms with Gasteiger partial charge in [0.1, 0.15) is 47.5 Å². The second-order valence-corrected chi connectivity index (χ2v) is 10.6. The molecule has 0 aromatic rings. The van der Waals surface area contributed by atoms with Crippen LogP contribution in [0.15, 0.2) is 0 Å². The van der Waals surface area contributed by atoms with E-state index >= 15 is 0 Å². The molecule has 2 N–H and O–H groups in total. The van der Waals surface area contributed by atoms with Gasteiger partial charge in [0.25, 0.3) is 11.8 Å². The Bertz CT molecular complexity index is 1400. The number of carbonyl (C=O) groups excluding carboxylic acids is 9. The maximum atomic E-state index is 12.6. The number of nitrogens with one attached hydrogen (secondary N) is 2. The second-order valence-electron chi connectivity index (χ2n) is 9.01. The number of hydrogen-bond donors (Lipinski definition) is 2. The third-order valence-corrected chi connectivity index (χ3v) is 6.22. The van der Waals surface area contributed by atoms with Gasteiger partial charge in [-0.05, 0) is 13.8 Å². The van der Waals surface area contributed by atoms with Crippen LogP contribution in [-0.2, 0) is 62.9 Å². The van der Waals surface area contributed by atoms with Crippen molar-refractivity contribution in [3.8, 4) is 12.3 Å². The van der Waals surface area contributed by atoms with E-state index in [0.717, 1.165) is 6.42 Å². The Morgan fingerprint density at radius 3 is 1.87 bits per heavy atom. The van der Waals surface area contributed by atoms with E-state index in [0.29, 0.717) is 4.90 Å². The summed E-state index contributed by atoms with van der Waals surface area (Å²) in [5, 5.41) is 1.65. The molecule has 1 unspecified atom stereocenters. The number of hydroxylamine groups is 4. The van der Waals surface area contributed by atoms with Crippen LogP contribution in [0.2, 0.25) is 0 Å². The summed E-state index contributed by atoms with van der Waals surface area (Å²) in [5.41, 5.74) is -1.51. The molecule has 1 atom stereocenters. The third kappa shape index (κ3) is 12.6. The minimum absolute atomic E-state index is 0. The van der Waals surface area contributed by atoms with E-state index in [1.165, 1.54) is 13.8 Å². The van der Waals surface area contributed by atoms with Gasteiger partial charge in [-0.3, -0.25) is 35.3 Å². The van der Waals surface area contributed by atoms with Crippen LogP contribution in [0.1, 0.15) is 26.7 Å². The predicted octanol–water partition coefficient (Wildman–Crippen LogP) is -10.4. The monoisotopic (exact) mass is 678 g/mol. The minimum Gasteiger partial charge on any atom is -0.747 e. The molecule has 2 heterocycles. The van der Waals surface area contributed by atoms with E-state index in [1.807, 2.05) is 10.6 Å². The Morgan fingerprint density at radius 1 is 0.978 bits per heavy atom. The number of ether oxygens (including phenoxy) is 1. The van der Waals surface area contributed by atoms with Crippen molar-refractivity contribution in [2.24, 2.45) is 0 Å². The van der Waals surface area contributed by atoms with E-state index < -0.39 is 107 Å². The van der Waals surface area contributed by atoms with Gasteiger partial charge in [-0.25, -0.2) is 22.8 Å². The number of carbonyl (C=O) groups is 9. The van der Waals surface area contributed by atoms with Gasteiger partial charge in [-0.1, -0.05) is 12.3 Å². The first kappa shape index (κ1) is 41.8. The first-order valence-corrected chi connectivity index (χ1v) is 13.2. The summed E-state index contributed by atoms with van der Waals surface area (Å²) in [7, 11) is -5.22. The zero-order chi connectivity index (χ0) is 32.7. The van der Waals surface area contributed by atoms with Crippen molar-refractivity contribution in [2.75, 3.05) is 26.2 Å². The summed E-state index contributed by atoms with van der Waals surface area (Å²) in [6.45, 7) is -1.19. The maximum absolute atomic E-state index is 12.6. The molecule has 23 heteroatoms. The van der Waals surface area contributed by atoms with Crippen LogP contribution in [0.25, 0.3) is 0 Å². The zero-order valence-electron chi connectivity index (χ0n) is 24.3. The van der Waals surface area contributed by atoms with Crippen LogP contribution in [0.5, 0.6) is 0 Å². The largest absolute Gasteiger partial charge is 1.00 e. The second kappa shape index (κ2) is 17.5. The average Bonchev–Trinajstić information content (AvgIpc) is 3.38. The SMILES string of the molecule is C#CC(C)(C)OC(=O)N(CC(=O)NCC(=O)ON1C(=O)CC(S(=O)(=O)[O-])C1=O)CC(=O)[15NH][13CH2][13C](=O)ON1C(=O)[CH-]CC1=O.[Na+].[Na+]. The van der Waals surface area contributed by atoms with Crippen molar-refractivity contribution in [1.29, 1.82) is 0 Å². The Hall–Kier alpha value is -3.23. The number of nitrogens with zero attached hydrogens (tertiary/aromatic N) is 3. The molecule has 20 nitrogen and oxygen atoms in total. The van der Waals surface area contributed by atoms with Gasteiger partial charge in [-0.2, -0.15) is 0 Å². The smallest absolute Gasteiger partial charge is 0.747 e. The summed E-state index contributed by atoms with van der Waals surface area (Å²) in [6, 6.07) is 0. The van der Waals surface area contributed by atoms with Gasteiger partial charge in [0.15, 0.2) is 5.60 Å². The summed E-state index contributed by atoms with van der Waals surface area (Å²) in [6.07, 6.45) is 3.59. The molecule has 0 bridgehead atoms. The molecule has 45 heavy (non-hydrogen) atoms. The zero-order valence-corrected chi connectivity index (χ0v) is 29.2. The van der Waals surface area contributed by atoms with Crippen molar-refractivity contribution >= 4 is 63.6 Å². The van der Waals surface area contributed by atoms with Gasteiger partial charge in [0.05, 0.1) is 6.42 Å². The van der Waals surface area contributed by atoms with E-state index in [9.17, 15) is 56.1 Å². The molecular formula is C22H23N5Na2O15S. The summed E-state index contributed by atoms with van der Waals surface area (Å²) >= 11 is 0. The van der Waals surface area contributed by atoms with Crippen LogP contribution in [0.4, 0.5) is 4.79 Å². The fourth-order valence-corrected chi connectivity index (χ4v) is 3.72. The van der Waals surface area contributed by atoms with Crippen molar-refractivity contribution in [1.82, 2.24) is 25.7 Å². The van der Waals surface area contributed by atoms with Gasteiger partial charge >= 0.3 is 77.1 Å². The van der Waals surface area contributed by atoms with Crippen LogP contribution < -0.4 is 69.7 Å². The van der Waals surface area contributed by atoms with E-state index in [1.54, 1.807) is 0 Å². The fraction of sp³-hybridized carbons (Fsp3) is 0.455. The van der Waals surface area contributed by atoms with Gasteiger partial charge in [-0.15, -0.1) is 16.5 Å². The van der Waals surface area contributed by atoms with Crippen molar-refractivity contribution in [3.05, 3.63) is 6.42 Å². The molecule has 0 spiro atoms. The van der Waals surface area contributed by atoms with E-state index in [2.05, 4.69) is 15.6 Å². The molecule has 0 aromatic carbocycles. The summed E-state index contributed by atoms with van der Waals surface area (Å²) < 4.78 is 38.2. The normalized spacial score (nSPS) is 15.9. The molecule has 2 aliphatic rings. The number of terminal acetylenes is 1. The summed E-state index contributed by atoms with van der Waals surface area (Å²) in [5.74, 6) is -7.32. The predicted molar refractivity (Wildman–Crippen MR) is 130 cm³/mol. The number of imide groups is 2. The minimum atomic E-state index is -5.22. The molecule has 0 aromatic heterocycles. The first-order valence-electron chi connectivity index (χ1n) is 11.8. The van der Waals surface area contributed by atoms with Crippen LogP contribution in [0.3, 0.4) is 0 Å². The van der Waals surface area contributed by atoms with Gasteiger partial charge in [0, 0.05) is 0 Å². The standard InChI is InChI=1S/C22H24N5O15S.2Na/c1-4-22(2,3)40-21(36)25(10-13(28)23-8-18(33)41-26-15(30)5-6-16(26)31)11-14(29)24-9-19(34)42-27-17(32)7-12(20(27)35)43(37,38)39;;/h1,5,12H,6-11H2,2-3H3,(H,23,28)(H,24,29)(H,37,38,39);;/q-1;2*+1/p-1/i8+1,18+1,23+1;;. The van der Waals surface area contributed by atoms with E-state index in [-0.39, 0.29) is 75.7 Å². The van der Waals surface area contributed by atoms with Crippen molar-refractivity contribution < 1.29 is 130 Å². The number of rotatable bonds is 12. The quantitative estimate of drug-likeness (QED) is 0.0369. The fourth-order valence-electron chi connectivity index (χ4n) is 3.03. The number of amides is 7. The van der Waals surface area contributed by atoms with Crippen molar-refractivity contribution in [2.45, 2.75) is 37.5 Å². The van der Waals surface area contributed by atoms with Crippen LogP contribution in [0, 0.1) is 18.8 Å². The molecule has 2 rings (SSSR count). The Labute approximate surface area is 299 Å². The average molecular weight is 678 g/mol. The molecular weight excluding hydrogens is 655 g/mol. The third-order valence-electron chi connectivity index (χ3n) is 5.15. The van der Waals surface area contributed by atoms with Crippen molar-refractivity contribution in [3.63, 3.8) is 0 Å². The molecule has 0 aliphatic carbocycles. The molecule has 0 radical (unpaired) electrons. The first-order chi connectivity index (χ1) is 19.8. The van der Waals surface area contributed by atoms with Crippen LogP contribution in [-0.4, -0.2) is 119 Å². The van der Waals surface area contributed by atoms with Gasteiger partial charge in [0.2, 0.25) is 17.7 Å². The topological polar surface area (TPSA) is 272 Å². The Kier molecular flexibility index (Phi) is 16.2. The molecule has 2 saturated heterocycles. The van der Waals surface area contributed by atoms with Gasteiger partial charge < -0.3 is 34.4 Å². The molecule has 2 aliphatic heterocycles. The Morgan fingerprint density at radius 2 is 1.47 bits per heavy atom. The number of hydrogen-bond acceptors (Lipinski definition) is 15. The molecule has 0 saturated carbocycles. The summed E-state index contributed by atoms with van der Waals surface area (Å²) in [4.78, 5) is 117. The van der Waals surface area contributed by atoms with Crippen LogP contribution >= 0.6 is 0 Å². The Balaban J connectivity index is 0.00000968. The molecule has 7 amide bonds. The molecule has 2 fully saturated rings. The maximum Gasteiger partial charge on any atom is 1.00 e. The van der Waals surface area contributed by atoms with E-state index in [4.69, 9.17) is 11.2 Å².